The molecule has 2 aromatic heterocycles. The van der Waals surface area contributed by atoms with E-state index in [4.69, 9.17) is 34.5 Å². The highest BCUT2D eigenvalue weighted by Crippen LogP contribution is 2.20. The predicted octanol–water partition coefficient (Wildman–Crippen LogP) is -1.57. The zero-order valence-corrected chi connectivity index (χ0v) is 45.4. The zero-order valence-electron chi connectivity index (χ0n) is 44.6. The highest BCUT2D eigenvalue weighted by molar-refractivity contribution is 6.30. The summed E-state index contributed by atoms with van der Waals surface area (Å²) >= 11 is 6.20. The number of carbonyl (C=O) groups excluding carboxylic acids is 9. The average molecular weight is 1130 g/mol. The van der Waals surface area contributed by atoms with E-state index in [-0.39, 0.29) is 57.5 Å². The lowest BCUT2D eigenvalue weighted by Gasteiger charge is -2.28. The number of hydrogen-bond acceptors (Lipinski definition) is 13. The number of nitrogens with zero attached hydrogens (tertiary/aromatic N) is 2. The summed E-state index contributed by atoms with van der Waals surface area (Å²) in [4.78, 5) is 149. The summed E-state index contributed by atoms with van der Waals surface area (Å²) < 4.78 is 0. The third-order valence-electron chi connectivity index (χ3n) is 12.5. The lowest BCUT2D eigenvalue weighted by Crippen LogP contribution is -2.61. The van der Waals surface area contributed by atoms with Crippen LogP contribution >= 0.6 is 11.6 Å². The third kappa shape index (κ3) is 22.0. The maximum atomic E-state index is 14.8. The van der Waals surface area contributed by atoms with Crippen molar-refractivity contribution >= 4 is 87.6 Å². The number of halogens is 1. The Morgan fingerprint density at radius 1 is 0.637 bits per heavy atom. The van der Waals surface area contributed by atoms with Crippen LogP contribution in [0.1, 0.15) is 88.5 Å². The van der Waals surface area contributed by atoms with Gasteiger partial charge in [0.2, 0.25) is 53.2 Å². The number of aliphatic carboxylic acids is 1. The second-order valence-corrected chi connectivity index (χ2v) is 19.4. The number of imidazole rings is 1. The number of fused-ring (bicyclic) bond motifs is 1. The monoisotopic (exact) mass is 1130 g/mol. The number of nitrogens with two attached hydrogens (primary N) is 4. The number of aliphatic imine (C=N–C) groups is 1. The van der Waals surface area contributed by atoms with Gasteiger partial charge in [-0.1, -0.05) is 61.7 Å². The van der Waals surface area contributed by atoms with Gasteiger partial charge in [0.05, 0.1) is 19.3 Å². The number of carbonyl (C=O) groups is 10. The fourth-order valence-electron chi connectivity index (χ4n) is 8.39. The first-order chi connectivity index (χ1) is 38.2. The van der Waals surface area contributed by atoms with Gasteiger partial charge in [-0.3, -0.25) is 52.9 Å². The van der Waals surface area contributed by atoms with Gasteiger partial charge in [-0.25, -0.2) is 4.98 Å². The Bertz CT molecular complexity index is 2770. The van der Waals surface area contributed by atoms with Crippen molar-refractivity contribution in [1.82, 2.24) is 57.5 Å². The summed E-state index contributed by atoms with van der Waals surface area (Å²) in [6.07, 6.45) is 5.11. The summed E-state index contributed by atoms with van der Waals surface area (Å²) in [5, 5.41) is 31.6. The molecule has 0 aliphatic heterocycles. The van der Waals surface area contributed by atoms with E-state index in [0.29, 0.717) is 54.1 Å². The lowest BCUT2D eigenvalue weighted by molar-refractivity contribution is -0.141. The predicted molar refractivity (Wildman–Crippen MR) is 295 cm³/mol. The normalized spacial score (nSPS) is 13.6. The zero-order chi connectivity index (χ0) is 58.7. The van der Waals surface area contributed by atoms with Crippen molar-refractivity contribution in [2.75, 3.05) is 19.6 Å². The minimum atomic E-state index is -1.75. The summed E-state index contributed by atoms with van der Waals surface area (Å²) in [5.74, 6) is -9.26. The van der Waals surface area contributed by atoms with Gasteiger partial charge in [0.25, 0.3) is 0 Å². The number of aromatic nitrogens is 3. The van der Waals surface area contributed by atoms with Crippen molar-refractivity contribution in [3.63, 3.8) is 0 Å². The van der Waals surface area contributed by atoms with Gasteiger partial charge in [0.1, 0.15) is 42.3 Å². The standard InChI is InChI=1S/C52H73ClN16O11/c1-3-4-11-37(63-29(2)70)46(75)69-42(24-44(72)73)51(80)68-41(23-33-26-58-28-62-33)50(79)66-39(21-30-15-17-32(53)18-16-30)48(77)65-38(14-9-20-59-52(56)57)47(76)67-40(22-31-25-60-35-12-6-5-10-34(31)35)49(78)64-36(13-7-8-19-54)45(74)61-27-43(55)71/h5-6,10,12,15-18,25-26,28,36-42,60H,3-4,7-9,11,13-14,19-24,27,54H2,1-2H3,(H2,55,71)(H,58,62)(H,61,74)(H,63,70)(H,64,78)(H,65,77)(H,66,79)(H,67,76)(H,68,80)(H,69,75)(H,72,73)(H4,56,57,59)/t36-,37-,38-,39+,40-,41-,42-/m0/s1. The van der Waals surface area contributed by atoms with Crippen LogP contribution in [0.4, 0.5) is 0 Å². The number of H-pyrrole nitrogens is 2. The molecule has 2 heterocycles. The fraction of sp³-hybridized carbons (Fsp3) is 0.462. The van der Waals surface area contributed by atoms with Crippen LogP contribution in [0.3, 0.4) is 0 Å². The summed E-state index contributed by atoms with van der Waals surface area (Å²) in [7, 11) is 0. The molecule has 0 spiro atoms. The van der Waals surface area contributed by atoms with E-state index >= 15 is 0 Å². The number of primary amides is 1. The van der Waals surface area contributed by atoms with Crippen LogP contribution in [0, 0.1) is 0 Å². The Balaban J connectivity index is 1.72. The second-order valence-electron chi connectivity index (χ2n) is 19.0. The first kappa shape index (κ1) is 63.9. The van der Waals surface area contributed by atoms with Gasteiger partial charge in [0, 0.05) is 66.7 Å². The van der Waals surface area contributed by atoms with Crippen LogP contribution in [0.2, 0.25) is 5.02 Å². The van der Waals surface area contributed by atoms with E-state index in [0.717, 1.165) is 10.9 Å². The molecule has 4 rings (SSSR count). The smallest absolute Gasteiger partial charge is 0.305 e. The molecule has 0 bridgehead atoms. The molecule has 28 heteroatoms. The van der Waals surface area contributed by atoms with Crippen LogP contribution in [-0.2, 0) is 67.2 Å². The first-order valence-corrected chi connectivity index (χ1v) is 26.4. The van der Waals surface area contributed by atoms with E-state index in [9.17, 15) is 53.1 Å². The number of nitrogens with one attached hydrogen (secondary N) is 10. The number of para-hydroxylation sites is 1. The molecule has 434 valence electrons. The summed E-state index contributed by atoms with van der Waals surface area (Å²) in [6.45, 7) is 2.85. The molecule has 9 amide bonds. The molecule has 0 aliphatic carbocycles. The highest BCUT2D eigenvalue weighted by Gasteiger charge is 2.35. The molecule has 80 heavy (non-hydrogen) atoms. The average Bonchev–Trinajstić information content (AvgIpc) is 4.09. The van der Waals surface area contributed by atoms with Gasteiger partial charge in [-0.15, -0.1) is 0 Å². The molecule has 0 fully saturated rings. The molecule has 4 aromatic rings. The van der Waals surface area contributed by atoms with Gasteiger partial charge >= 0.3 is 5.97 Å². The quantitative estimate of drug-likeness (QED) is 0.0141. The maximum absolute atomic E-state index is 14.8. The number of benzene rings is 2. The lowest BCUT2D eigenvalue weighted by atomic mass is 10.0. The Morgan fingerprint density at radius 3 is 1.75 bits per heavy atom. The number of carboxylic acids is 1. The van der Waals surface area contributed by atoms with E-state index in [2.05, 4.69) is 62.5 Å². The second kappa shape index (κ2) is 33.0. The molecule has 0 saturated heterocycles. The van der Waals surface area contributed by atoms with E-state index in [1.807, 2.05) is 19.1 Å². The minimum Gasteiger partial charge on any atom is -0.481 e. The van der Waals surface area contributed by atoms with Crippen LogP contribution in [0.25, 0.3) is 10.9 Å². The van der Waals surface area contributed by atoms with Crippen molar-refractivity contribution in [2.24, 2.45) is 27.9 Å². The highest BCUT2D eigenvalue weighted by atomic mass is 35.5. The van der Waals surface area contributed by atoms with E-state index < -0.39 is 114 Å². The van der Waals surface area contributed by atoms with Gasteiger partial charge in [0.15, 0.2) is 5.96 Å². The molecular weight excluding hydrogens is 1060 g/mol. The van der Waals surface area contributed by atoms with Crippen LogP contribution < -0.4 is 65.5 Å². The third-order valence-corrected chi connectivity index (χ3v) is 12.7. The molecule has 0 unspecified atom stereocenters. The molecule has 0 radical (unpaired) electrons. The first-order valence-electron chi connectivity index (χ1n) is 26.1. The summed E-state index contributed by atoms with van der Waals surface area (Å²) in [6, 6.07) is 3.51. The molecule has 0 saturated carbocycles. The van der Waals surface area contributed by atoms with Crippen molar-refractivity contribution in [3.05, 3.63) is 89.1 Å². The minimum absolute atomic E-state index is 0.00200. The molecule has 0 aliphatic rings. The van der Waals surface area contributed by atoms with Gasteiger partial charge in [-0.05, 0) is 74.4 Å². The number of carboxylic acid groups (broad SMARTS) is 1. The largest absolute Gasteiger partial charge is 0.481 e. The molecule has 27 nitrogen and oxygen atoms in total. The number of unbranched alkanes of at least 4 members (excludes halogenated alkanes) is 2. The van der Waals surface area contributed by atoms with Gasteiger partial charge < -0.3 is 80.5 Å². The Labute approximate surface area is 466 Å². The van der Waals surface area contributed by atoms with Crippen LogP contribution in [-0.4, -0.2) is 147 Å². The fourth-order valence-corrected chi connectivity index (χ4v) is 8.52. The van der Waals surface area contributed by atoms with Crippen molar-refractivity contribution in [3.8, 4) is 0 Å². The Kier molecular flexibility index (Phi) is 26.4. The van der Waals surface area contributed by atoms with E-state index in [1.54, 1.807) is 42.6 Å². The Hall–Kier alpha value is -8.59. The van der Waals surface area contributed by atoms with Crippen LogP contribution in [0.5, 0.6) is 0 Å². The maximum Gasteiger partial charge on any atom is 0.305 e. The number of amides is 9. The number of guanidine groups is 1. The number of aromatic amines is 2. The Morgan fingerprint density at radius 2 is 1.18 bits per heavy atom. The van der Waals surface area contributed by atoms with Gasteiger partial charge in [-0.2, -0.15) is 0 Å². The van der Waals surface area contributed by atoms with Crippen molar-refractivity contribution in [1.29, 1.82) is 0 Å². The SMILES string of the molecule is CCCC[C@H](NC(C)=O)C(=O)N[C@@H](CC(=O)O)C(=O)N[C@@H](Cc1cnc[nH]1)C(=O)N[C@H](Cc1ccc(Cl)cc1)C(=O)N[C@@H](CCCN=C(N)N)C(=O)N[C@@H](Cc1c[nH]c2ccccc12)C(=O)N[C@@H](CCCCN)C(=O)NCC(N)=O. The molecule has 7 atom stereocenters. The molecular formula is C52H73ClN16O11. The van der Waals surface area contributed by atoms with E-state index in [1.165, 1.54) is 19.4 Å². The molecule has 19 N–H and O–H groups in total. The van der Waals surface area contributed by atoms with Crippen molar-refractivity contribution < 1.29 is 53.1 Å². The number of hydrogen-bond donors (Lipinski definition) is 15. The summed E-state index contributed by atoms with van der Waals surface area (Å²) in [5.41, 5.74) is 24.3. The van der Waals surface area contributed by atoms with Crippen LogP contribution in [0.15, 0.2) is 72.2 Å². The molecule has 2 aromatic carbocycles. The van der Waals surface area contributed by atoms with Crippen molar-refractivity contribution in [2.45, 2.75) is 133 Å². The topological polar surface area (TPSA) is 448 Å². The number of rotatable bonds is 35.